The van der Waals surface area contributed by atoms with Crippen LogP contribution in [0.2, 0.25) is 5.02 Å². The molecule has 0 saturated carbocycles. The van der Waals surface area contributed by atoms with Gasteiger partial charge in [-0.3, -0.25) is 4.79 Å². The first-order valence-electron chi connectivity index (χ1n) is 8.42. The highest BCUT2D eigenvalue weighted by Gasteiger charge is 2.40. The van der Waals surface area contributed by atoms with Crippen LogP contribution in [0.3, 0.4) is 0 Å². The molecule has 0 aromatic heterocycles. The minimum atomic E-state index is -0.466. The number of nitrogens with one attached hydrogen (secondary N) is 2. The molecule has 0 spiro atoms. The predicted octanol–water partition coefficient (Wildman–Crippen LogP) is 3.30. The Balaban J connectivity index is 1.61. The lowest BCUT2D eigenvalue weighted by atomic mass is 9.96. The van der Waals surface area contributed by atoms with E-state index in [-0.39, 0.29) is 11.9 Å². The molecule has 2 heterocycles. The van der Waals surface area contributed by atoms with Gasteiger partial charge < -0.3 is 15.5 Å². The lowest BCUT2D eigenvalue weighted by Crippen LogP contribution is -2.44. The van der Waals surface area contributed by atoms with Crippen molar-refractivity contribution in [1.82, 2.24) is 15.5 Å². The normalized spacial score (nSPS) is 19.3. The van der Waals surface area contributed by atoms with E-state index in [1.54, 1.807) is 17.0 Å². The van der Waals surface area contributed by atoms with Crippen LogP contribution in [0.15, 0.2) is 59.8 Å². The van der Waals surface area contributed by atoms with E-state index in [1.807, 2.05) is 43.3 Å². The first-order valence-corrected chi connectivity index (χ1v) is 8.80. The average Bonchev–Trinajstić information content (AvgIpc) is 2.92. The molecule has 3 amide bonds. The molecule has 1 atom stereocenters. The number of halogens is 1. The van der Waals surface area contributed by atoms with Gasteiger partial charge in [-0.05, 0) is 30.2 Å². The maximum Gasteiger partial charge on any atom is 0.319 e. The van der Waals surface area contributed by atoms with Crippen LogP contribution >= 0.6 is 11.6 Å². The van der Waals surface area contributed by atoms with Crippen LogP contribution in [0.25, 0.3) is 0 Å². The number of urea groups is 1. The fourth-order valence-corrected chi connectivity index (χ4v) is 3.50. The molecule has 2 aromatic rings. The molecule has 4 rings (SSSR count). The molecule has 132 valence electrons. The van der Waals surface area contributed by atoms with Gasteiger partial charge in [0.15, 0.2) is 0 Å². The molecular weight excluding hydrogens is 350 g/mol. The molecule has 2 aliphatic rings. The number of benzene rings is 2. The molecule has 0 bridgehead atoms. The van der Waals surface area contributed by atoms with Gasteiger partial charge in [0.05, 0.1) is 23.9 Å². The summed E-state index contributed by atoms with van der Waals surface area (Å²) in [5.41, 5.74) is 4.34. The van der Waals surface area contributed by atoms with Gasteiger partial charge in [0.25, 0.3) is 5.91 Å². The Labute approximate surface area is 156 Å². The Hall–Kier alpha value is -2.79. The Morgan fingerprint density at radius 3 is 2.46 bits per heavy atom. The van der Waals surface area contributed by atoms with Gasteiger partial charge in [0, 0.05) is 11.6 Å². The minimum Gasteiger partial charge on any atom is -0.329 e. The molecule has 6 heteroatoms. The van der Waals surface area contributed by atoms with Gasteiger partial charge in [0.2, 0.25) is 0 Å². The lowest BCUT2D eigenvalue weighted by molar-refractivity contribution is -0.126. The van der Waals surface area contributed by atoms with Crippen molar-refractivity contribution < 1.29 is 9.59 Å². The van der Waals surface area contributed by atoms with Crippen molar-refractivity contribution in [1.29, 1.82) is 0 Å². The zero-order chi connectivity index (χ0) is 18.3. The quantitative estimate of drug-likeness (QED) is 0.874. The van der Waals surface area contributed by atoms with Crippen LogP contribution in [0.5, 0.6) is 0 Å². The van der Waals surface area contributed by atoms with Crippen LogP contribution < -0.4 is 10.6 Å². The lowest BCUT2D eigenvalue weighted by Gasteiger charge is -2.25. The minimum absolute atomic E-state index is 0.0620. The number of aryl methyl sites for hydroxylation is 1. The molecule has 0 radical (unpaired) electrons. The predicted molar refractivity (Wildman–Crippen MR) is 99.5 cm³/mol. The largest absolute Gasteiger partial charge is 0.329 e. The van der Waals surface area contributed by atoms with E-state index in [0.717, 1.165) is 11.1 Å². The van der Waals surface area contributed by atoms with E-state index in [0.29, 0.717) is 29.4 Å². The zero-order valence-corrected chi connectivity index (χ0v) is 15.0. The summed E-state index contributed by atoms with van der Waals surface area (Å²) in [6.45, 7) is 2.94. The number of rotatable bonds is 3. The summed E-state index contributed by atoms with van der Waals surface area (Å²) in [6, 6.07) is 14.5. The molecule has 2 aliphatic heterocycles. The Morgan fingerprint density at radius 1 is 1.08 bits per heavy atom. The molecule has 0 fully saturated rings. The van der Waals surface area contributed by atoms with Gasteiger partial charge in [-0.25, -0.2) is 4.79 Å². The maximum absolute atomic E-state index is 13.0. The van der Waals surface area contributed by atoms with Gasteiger partial charge in [-0.2, -0.15) is 0 Å². The summed E-state index contributed by atoms with van der Waals surface area (Å²) >= 11 is 5.96. The van der Waals surface area contributed by atoms with E-state index < -0.39 is 6.04 Å². The molecule has 26 heavy (non-hydrogen) atoms. The van der Waals surface area contributed by atoms with Crippen molar-refractivity contribution in [3.8, 4) is 0 Å². The van der Waals surface area contributed by atoms with E-state index in [1.165, 1.54) is 5.56 Å². The highest BCUT2D eigenvalue weighted by molar-refractivity contribution is 6.30. The van der Waals surface area contributed by atoms with Gasteiger partial charge in [0.1, 0.15) is 0 Å². The monoisotopic (exact) mass is 367 g/mol. The standard InChI is InChI=1S/C20H18ClN3O2/c1-12-2-4-13(5-3-12)10-24-11-16-17(19(24)25)18(23-20(26)22-16)14-6-8-15(21)9-7-14/h2-9,18H,10-11H2,1H3,(H2,22,23,26). The zero-order valence-electron chi connectivity index (χ0n) is 14.3. The third-order valence-corrected chi connectivity index (χ3v) is 4.97. The molecule has 2 aromatic carbocycles. The van der Waals surface area contributed by atoms with Gasteiger partial charge in [-0.1, -0.05) is 53.6 Å². The Bertz CT molecular complexity index is 904. The van der Waals surface area contributed by atoms with Gasteiger partial charge >= 0.3 is 6.03 Å². The summed E-state index contributed by atoms with van der Waals surface area (Å²) < 4.78 is 0. The van der Waals surface area contributed by atoms with Crippen molar-refractivity contribution >= 4 is 23.5 Å². The fraction of sp³-hybridized carbons (Fsp3) is 0.200. The highest BCUT2D eigenvalue weighted by Crippen LogP contribution is 2.33. The summed E-state index contributed by atoms with van der Waals surface area (Å²) in [6.07, 6.45) is 0. The van der Waals surface area contributed by atoms with Crippen molar-refractivity contribution in [2.75, 3.05) is 6.54 Å². The van der Waals surface area contributed by atoms with Crippen LogP contribution in [0.4, 0.5) is 4.79 Å². The fourth-order valence-electron chi connectivity index (χ4n) is 3.38. The highest BCUT2D eigenvalue weighted by atomic mass is 35.5. The van der Waals surface area contributed by atoms with E-state index in [2.05, 4.69) is 10.6 Å². The molecule has 1 unspecified atom stereocenters. The first kappa shape index (κ1) is 16.7. The number of carbonyl (C=O) groups excluding carboxylic acids is 2. The Kier molecular flexibility index (Phi) is 4.17. The number of hydrogen-bond acceptors (Lipinski definition) is 2. The SMILES string of the molecule is Cc1ccc(CN2CC3=C(C2=O)C(c2ccc(Cl)cc2)NC(=O)N3)cc1. The summed E-state index contributed by atoms with van der Waals surface area (Å²) in [5, 5.41) is 6.25. The van der Waals surface area contributed by atoms with E-state index in [9.17, 15) is 9.59 Å². The maximum atomic E-state index is 13.0. The van der Waals surface area contributed by atoms with Crippen LogP contribution in [0.1, 0.15) is 22.7 Å². The third-order valence-electron chi connectivity index (χ3n) is 4.72. The summed E-state index contributed by atoms with van der Waals surface area (Å²) in [7, 11) is 0. The second-order valence-corrected chi connectivity index (χ2v) is 7.06. The van der Waals surface area contributed by atoms with E-state index >= 15 is 0 Å². The molecule has 0 saturated heterocycles. The molecule has 0 aliphatic carbocycles. The average molecular weight is 368 g/mol. The van der Waals surface area contributed by atoms with Crippen molar-refractivity contribution in [3.05, 3.63) is 81.5 Å². The number of hydrogen-bond donors (Lipinski definition) is 2. The third kappa shape index (κ3) is 3.06. The Morgan fingerprint density at radius 2 is 1.77 bits per heavy atom. The topological polar surface area (TPSA) is 61.4 Å². The van der Waals surface area contributed by atoms with Crippen LogP contribution in [0, 0.1) is 6.92 Å². The first-order chi connectivity index (χ1) is 12.5. The molecular formula is C20H18ClN3O2. The van der Waals surface area contributed by atoms with Crippen LogP contribution in [-0.4, -0.2) is 23.4 Å². The smallest absolute Gasteiger partial charge is 0.319 e. The summed E-state index contributed by atoms with van der Waals surface area (Å²) in [5.74, 6) is -0.0620. The van der Waals surface area contributed by atoms with E-state index in [4.69, 9.17) is 11.6 Å². The second kappa shape index (κ2) is 6.50. The number of nitrogens with zero attached hydrogens (tertiary/aromatic N) is 1. The second-order valence-electron chi connectivity index (χ2n) is 6.62. The van der Waals surface area contributed by atoms with Crippen molar-refractivity contribution in [3.63, 3.8) is 0 Å². The summed E-state index contributed by atoms with van der Waals surface area (Å²) in [4.78, 5) is 26.8. The van der Waals surface area contributed by atoms with Gasteiger partial charge in [-0.15, -0.1) is 0 Å². The number of carbonyl (C=O) groups is 2. The van der Waals surface area contributed by atoms with Crippen LogP contribution in [-0.2, 0) is 11.3 Å². The molecule has 2 N–H and O–H groups in total. The van der Waals surface area contributed by atoms with Crippen molar-refractivity contribution in [2.24, 2.45) is 0 Å². The molecule has 5 nitrogen and oxygen atoms in total. The van der Waals surface area contributed by atoms with Crippen molar-refractivity contribution in [2.45, 2.75) is 19.5 Å². The number of amides is 3.